The molecule has 6 heteroatoms. The quantitative estimate of drug-likeness (QED) is 0.726. The predicted octanol–water partition coefficient (Wildman–Crippen LogP) is 1.58. The third kappa shape index (κ3) is 2.24. The van der Waals surface area contributed by atoms with Crippen molar-refractivity contribution in [1.29, 1.82) is 5.26 Å². The number of anilines is 1. The van der Waals surface area contributed by atoms with Crippen molar-refractivity contribution in [2.45, 2.75) is 18.8 Å². The van der Waals surface area contributed by atoms with Gasteiger partial charge in [-0.15, -0.1) is 10.2 Å². The molecule has 0 atom stereocenters. The van der Waals surface area contributed by atoms with Crippen molar-refractivity contribution in [3.8, 4) is 6.07 Å². The van der Waals surface area contributed by atoms with Gasteiger partial charge in [0.05, 0.1) is 0 Å². The van der Waals surface area contributed by atoms with E-state index in [0.717, 1.165) is 0 Å². The molecular formula is C10H10F2N4. The molecule has 0 amide bonds. The van der Waals surface area contributed by atoms with E-state index in [1.807, 2.05) is 6.07 Å². The third-order valence-corrected chi connectivity index (χ3v) is 2.58. The summed E-state index contributed by atoms with van der Waals surface area (Å²) in [4.78, 5) is 1.76. The fraction of sp³-hybridized carbons (Fsp3) is 0.500. The number of aromatic nitrogens is 2. The Morgan fingerprint density at radius 1 is 1.25 bits per heavy atom. The molecule has 1 fully saturated rings. The maximum absolute atomic E-state index is 12.9. The average molecular weight is 224 g/mol. The lowest BCUT2D eigenvalue weighted by Gasteiger charge is -2.32. The SMILES string of the molecule is N#Cc1ccc(N2CCC(F)(F)CC2)nn1. The van der Waals surface area contributed by atoms with Gasteiger partial charge in [-0.1, -0.05) is 0 Å². The van der Waals surface area contributed by atoms with E-state index < -0.39 is 5.92 Å². The molecule has 0 radical (unpaired) electrons. The topological polar surface area (TPSA) is 52.8 Å². The number of hydrogen-bond acceptors (Lipinski definition) is 4. The van der Waals surface area contributed by atoms with Gasteiger partial charge in [0.1, 0.15) is 6.07 Å². The summed E-state index contributed by atoms with van der Waals surface area (Å²) in [6.07, 6.45) is -0.316. The summed E-state index contributed by atoms with van der Waals surface area (Å²) < 4.78 is 25.8. The van der Waals surface area contributed by atoms with E-state index in [2.05, 4.69) is 10.2 Å². The van der Waals surface area contributed by atoms with Crippen LogP contribution in [0, 0.1) is 11.3 Å². The second-order valence-electron chi connectivity index (χ2n) is 3.73. The van der Waals surface area contributed by atoms with Crippen LogP contribution in [-0.2, 0) is 0 Å². The van der Waals surface area contributed by atoms with Gasteiger partial charge in [-0.3, -0.25) is 0 Å². The van der Waals surface area contributed by atoms with E-state index >= 15 is 0 Å². The Hall–Kier alpha value is -1.77. The van der Waals surface area contributed by atoms with Crippen molar-refractivity contribution >= 4 is 5.82 Å². The van der Waals surface area contributed by atoms with Gasteiger partial charge in [-0.05, 0) is 12.1 Å². The molecule has 1 aliphatic heterocycles. The third-order valence-electron chi connectivity index (χ3n) is 2.58. The van der Waals surface area contributed by atoms with Crippen molar-refractivity contribution in [1.82, 2.24) is 10.2 Å². The lowest BCUT2D eigenvalue weighted by molar-refractivity contribution is -0.0221. The lowest BCUT2D eigenvalue weighted by atomic mass is 10.1. The van der Waals surface area contributed by atoms with Gasteiger partial charge >= 0.3 is 0 Å². The van der Waals surface area contributed by atoms with Gasteiger partial charge < -0.3 is 4.90 Å². The molecule has 2 heterocycles. The summed E-state index contributed by atoms with van der Waals surface area (Å²) in [7, 11) is 0. The van der Waals surface area contributed by atoms with Crippen LogP contribution >= 0.6 is 0 Å². The lowest BCUT2D eigenvalue weighted by Crippen LogP contribution is -2.39. The molecule has 0 bridgehead atoms. The normalized spacial score (nSPS) is 19.2. The number of piperidine rings is 1. The maximum Gasteiger partial charge on any atom is 0.251 e. The van der Waals surface area contributed by atoms with Crippen LogP contribution in [0.15, 0.2) is 12.1 Å². The Balaban J connectivity index is 2.06. The minimum Gasteiger partial charge on any atom is -0.355 e. The van der Waals surface area contributed by atoms with Crippen molar-refractivity contribution in [2.75, 3.05) is 18.0 Å². The minimum absolute atomic E-state index is 0.158. The molecule has 4 nitrogen and oxygen atoms in total. The van der Waals surface area contributed by atoms with Crippen molar-refractivity contribution in [3.63, 3.8) is 0 Å². The first-order valence-corrected chi connectivity index (χ1v) is 4.97. The van der Waals surface area contributed by atoms with E-state index in [-0.39, 0.29) is 31.6 Å². The standard InChI is InChI=1S/C10H10F2N4/c11-10(12)3-5-16(6-4-10)9-2-1-8(7-13)14-15-9/h1-2H,3-6H2. The van der Waals surface area contributed by atoms with Crippen LogP contribution in [0.2, 0.25) is 0 Å². The zero-order chi connectivity index (χ0) is 11.6. The van der Waals surface area contributed by atoms with E-state index in [1.165, 1.54) is 6.07 Å². The number of rotatable bonds is 1. The van der Waals surface area contributed by atoms with E-state index in [1.54, 1.807) is 11.0 Å². The summed E-state index contributed by atoms with van der Waals surface area (Å²) in [6.45, 7) is 0.543. The summed E-state index contributed by atoms with van der Waals surface area (Å²) in [6, 6.07) is 5.03. The highest BCUT2D eigenvalue weighted by molar-refractivity contribution is 5.39. The highest BCUT2D eigenvalue weighted by Crippen LogP contribution is 2.29. The van der Waals surface area contributed by atoms with Gasteiger partial charge in [0, 0.05) is 25.9 Å². The van der Waals surface area contributed by atoms with E-state index in [9.17, 15) is 8.78 Å². The average Bonchev–Trinajstić information content (AvgIpc) is 2.29. The highest BCUT2D eigenvalue weighted by Gasteiger charge is 2.34. The van der Waals surface area contributed by atoms with E-state index in [4.69, 9.17) is 5.26 Å². The Kier molecular flexibility index (Phi) is 2.69. The van der Waals surface area contributed by atoms with Crippen LogP contribution in [0.4, 0.5) is 14.6 Å². The first-order valence-electron chi connectivity index (χ1n) is 4.97. The van der Waals surface area contributed by atoms with Crippen LogP contribution in [0.1, 0.15) is 18.5 Å². The van der Waals surface area contributed by atoms with Gasteiger partial charge in [-0.25, -0.2) is 8.78 Å². The van der Waals surface area contributed by atoms with Crippen LogP contribution in [0.5, 0.6) is 0 Å². The molecule has 0 N–H and O–H groups in total. The molecular weight excluding hydrogens is 214 g/mol. The number of halogens is 2. The second-order valence-corrected chi connectivity index (χ2v) is 3.73. The van der Waals surface area contributed by atoms with Gasteiger partial charge in [0.15, 0.2) is 11.5 Å². The van der Waals surface area contributed by atoms with Crippen LogP contribution in [0.3, 0.4) is 0 Å². The first kappa shape index (κ1) is 10.7. The summed E-state index contributed by atoms with van der Waals surface area (Å²) >= 11 is 0. The largest absolute Gasteiger partial charge is 0.355 e. The monoisotopic (exact) mass is 224 g/mol. The Morgan fingerprint density at radius 2 is 1.94 bits per heavy atom. The summed E-state index contributed by atoms with van der Waals surface area (Å²) in [5, 5.41) is 16.0. The molecule has 84 valence electrons. The molecule has 0 spiro atoms. The number of hydrogen-bond donors (Lipinski definition) is 0. The number of nitriles is 1. The van der Waals surface area contributed by atoms with Gasteiger partial charge in [0.2, 0.25) is 0 Å². The van der Waals surface area contributed by atoms with Crippen LogP contribution < -0.4 is 4.90 Å². The van der Waals surface area contributed by atoms with Crippen molar-refractivity contribution in [2.24, 2.45) is 0 Å². The first-order chi connectivity index (χ1) is 7.61. The molecule has 16 heavy (non-hydrogen) atoms. The summed E-state index contributed by atoms with van der Waals surface area (Å²) in [5.74, 6) is -2.01. The zero-order valence-corrected chi connectivity index (χ0v) is 8.53. The fourth-order valence-electron chi connectivity index (χ4n) is 1.62. The van der Waals surface area contributed by atoms with E-state index in [0.29, 0.717) is 5.82 Å². The number of alkyl halides is 2. The maximum atomic E-state index is 12.9. The van der Waals surface area contributed by atoms with Crippen molar-refractivity contribution in [3.05, 3.63) is 17.8 Å². The molecule has 1 aromatic rings. The predicted molar refractivity (Wildman–Crippen MR) is 53.1 cm³/mol. The van der Waals surface area contributed by atoms with Crippen LogP contribution in [-0.4, -0.2) is 29.2 Å². The molecule has 0 saturated carbocycles. The highest BCUT2D eigenvalue weighted by atomic mass is 19.3. The second kappa shape index (κ2) is 4.00. The zero-order valence-electron chi connectivity index (χ0n) is 8.53. The smallest absolute Gasteiger partial charge is 0.251 e. The van der Waals surface area contributed by atoms with Crippen LogP contribution in [0.25, 0.3) is 0 Å². The molecule has 0 unspecified atom stereocenters. The molecule has 2 rings (SSSR count). The molecule has 1 aromatic heterocycles. The molecule has 1 aliphatic rings. The Morgan fingerprint density at radius 3 is 2.44 bits per heavy atom. The minimum atomic E-state index is -2.56. The number of nitrogens with zero attached hydrogens (tertiary/aromatic N) is 4. The Labute approximate surface area is 91.5 Å². The van der Waals surface area contributed by atoms with Crippen molar-refractivity contribution < 1.29 is 8.78 Å². The molecule has 0 aliphatic carbocycles. The van der Waals surface area contributed by atoms with Gasteiger partial charge in [-0.2, -0.15) is 5.26 Å². The van der Waals surface area contributed by atoms with Gasteiger partial charge in [0.25, 0.3) is 5.92 Å². The fourth-order valence-corrected chi connectivity index (χ4v) is 1.62. The summed E-state index contributed by atoms with van der Waals surface area (Å²) in [5.41, 5.74) is 0.228. The molecule has 0 aromatic carbocycles. The molecule has 1 saturated heterocycles. The Bertz CT molecular complexity index is 400.